The summed E-state index contributed by atoms with van der Waals surface area (Å²) in [4.78, 5) is 26.4. The molecule has 1 fully saturated rings. The SMILES string of the molecule is Cc1cc(C)cc(C(=O)N(NC(=O)c2ccc(B3OC(C)(C)C3(C)C)c(N)c2)C(C)(C)C)c1. The van der Waals surface area contributed by atoms with Crippen molar-refractivity contribution >= 4 is 29.9 Å². The van der Waals surface area contributed by atoms with Gasteiger partial charge in [-0.05, 0) is 78.2 Å². The van der Waals surface area contributed by atoms with Gasteiger partial charge in [0.05, 0.1) is 5.54 Å². The van der Waals surface area contributed by atoms with E-state index in [-0.39, 0.29) is 23.7 Å². The molecule has 0 unspecified atom stereocenters. The molecule has 0 aliphatic carbocycles. The Labute approximate surface area is 198 Å². The normalized spacial score (nSPS) is 16.7. The first-order chi connectivity index (χ1) is 15.0. The molecule has 1 aliphatic rings. The van der Waals surface area contributed by atoms with Crippen LogP contribution in [-0.2, 0) is 4.65 Å². The molecule has 176 valence electrons. The van der Waals surface area contributed by atoms with Crippen LogP contribution in [0.2, 0.25) is 5.31 Å². The van der Waals surface area contributed by atoms with Crippen LogP contribution in [0.15, 0.2) is 36.4 Å². The third-order valence-corrected chi connectivity index (χ3v) is 6.81. The van der Waals surface area contributed by atoms with Crippen LogP contribution in [0, 0.1) is 13.8 Å². The fourth-order valence-electron chi connectivity index (χ4n) is 4.17. The van der Waals surface area contributed by atoms with Gasteiger partial charge in [0.15, 0.2) is 0 Å². The van der Waals surface area contributed by atoms with Gasteiger partial charge in [-0.15, -0.1) is 0 Å². The van der Waals surface area contributed by atoms with Gasteiger partial charge in [-0.25, -0.2) is 5.01 Å². The molecule has 1 heterocycles. The summed E-state index contributed by atoms with van der Waals surface area (Å²) in [6.45, 7) is 17.8. The number of benzene rings is 2. The maximum Gasteiger partial charge on any atom is 0.337 e. The second kappa shape index (κ2) is 8.21. The molecular weight excluding hydrogens is 413 g/mol. The number of carbonyl (C=O) groups is 2. The van der Waals surface area contributed by atoms with E-state index in [1.807, 2.05) is 58.9 Å². The summed E-state index contributed by atoms with van der Waals surface area (Å²) >= 11 is 0. The zero-order valence-electron chi connectivity index (χ0n) is 21.3. The van der Waals surface area contributed by atoms with Crippen LogP contribution in [-0.4, -0.2) is 34.9 Å². The quantitative estimate of drug-likeness (QED) is 0.417. The zero-order chi connectivity index (χ0) is 24.9. The van der Waals surface area contributed by atoms with Gasteiger partial charge in [0.2, 0.25) is 0 Å². The van der Waals surface area contributed by atoms with Gasteiger partial charge in [-0.2, -0.15) is 0 Å². The molecule has 0 bridgehead atoms. The molecule has 0 saturated carbocycles. The Kier molecular flexibility index (Phi) is 6.18. The van der Waals surface area contributed by atoms with Crippen molar-refractivity contribution in [3.8, 4) is 0 Å². The highest BCUT2D eigenvalue weighted by Gasteiger charge is 2.59. The molecule has 1 aliphatic heterocycles. The highest BCUT2D eigenvalue weighted by atomic mass is 16.5. The average molecular weight is 449 g/mol. The van der Waals surface area contributed by atoms with Crippen LogP contribution < -0.4 is 16.6 Å². The predicted molar refractivity (Wildman–Crippen MR) is 135 cm³/mol. The Balaban J connectivity index is 1.85. The number of nitrogens with zero attached hydrogens (tertiary/aromatic N) is 1. The number of hydrazine groups is 1. The number of nitrogen functional groups attached to an aromatic ring is 1. The summed E-state index contributed by atoms with van der Waals surface area (Å²) in [5, 5.41) is 1.29. The van der Waals surface area contributed by atoms with E-state index in [2.05, 4.69) is 33.1 Å². The summed E-state index contributed by atoms with van der Waals surface area (Å²) in [5.74, 6) is -0.658. The van der Waals surface area contributed by atoms with Crippen LogP contribution in [0.1, 0.15) is 80.3 Å². The monoisotopic (exact) mass is 449 g/mol. The lowest BCUT2D eigenvalue weighted by molar-refractivity contribution is -0.00934. The first-order valence-electron chi connectivity index (χ1n) is 11.4. The van der Waals surface area contributed by atoms with Crippen molar-refractivity contribution in [2.24, 2.45) is 0 Å². The summed E-state index contributed by atoms with van der Waals surface area (Å²) in [6, 6.07) is 10.9. The van der Waals surface area contributed by atoms with Crippen LogP contribution in [0.5, 0.6) is 0 Å². The Morgan fingerprint density at radius 3 is 2.00 bits per heavy atom. The first kappa shape index (κ1) is 24.8. The topological polar surface area (TPSA) is 84.7 Å². The molecular formula is C26H36BN3O3. The number of carbonyl (C=O) groups excluding carboxylic acids is 2. The van der Waals surface area contributed by atoms with Gasteiger partial charge in [0.1, 0.15) is 0 Å². The number of hydrogen-bond donors (Lipinski definition) is 2. The lowest BCUT2D eigenvalue weighted by Gasteiger charge is -2.57. The van der Waals surface area contributed by atoms with E-state index in [9.17, 15) is 9.59 Å². The van der Waals surface area contributed by atoms with Gasteiger partial charge >= 0.3 is 6.92 Å². The van der Waals surface area contributed by atoms with Crippen molar-refractivity contribution < 1.29 is 14.2 Å². The molecule has 2 amide bonds. The lowest BCUT2D eigenvalue weighted by Crippen LogP contribution is -2.66. The largest absolute Gasteiger partial charge is 0.425 e. The first-order valence-corrected chi connectivity index (χ1v) is 11.4. The highest BCUT2D eigenvalue weighted by molar-refractivity contribution is 6.74. The standard InChI is InChI=1S/C26H36BN3O3/c1-16-12-17(2)14-19(13-16)23(32)30(24(3,4)5)29-22(31)18-10-11-20(21(28)15-18)27-25(6,7)26(8,9)33-27/h10-15H,28H2,1-9H3,(H,29,31). The van der Waals surface area contributed by atoms with Crippen LogP contribution in [0.25, 0.3) is 0 Å². The van der Waals surface area contributed by atoms with Gasteiger partial charge < -0.3 is 10.4 Å². The molecule has 0 atom stereocenters. The average Bonchev–Trinajstić information content (AvgIpc) is 2.68. The zero-order valence-corrected chi connectivity index (χ0v) is 21.3. The Morgan fingerprint density at radius 2 is 1.55 bits per heavy atom. The van der Waals surface area contributed by atoms with E-state index < -0.39 is 11.4 Å². The van der Waals surface area contributed by atoms with Crippen molar-refractivity contribution in [2.75, 3.05) is 5.73 Å². The second-order valence-corrected chi connectivity index (χ2v) is 11.2. The van der Waals surface area contributed by atoms with Gasteiger partial charge in [-0.1, -0.05) is 37.1 Å². The predicted octanol–water partition coefficient (Wildman–Crippen LogP) is 4.26. The molecule has 33 heavy (non-hydrogen) atoms. The smallest absolute Gasteiger partial charge is 0.337 e. The highest BCUT2D eigenvalue weighted by Crippen LogP contribution is 2.53. The van der Waals surface area contributed by atoms with E-state index in [1.54, 1.807) is 12.1 Å². The number of nitrogens with one attached hydrogen (secondary N) is 1. The molecule has 2 aromatic carbocycles. The Morgan fingerprint density at radius 1 is 0.970 bits per heavy atom. The van der Waals surface area contributed by atoms with E-state index in [0.29, 0.717) is 16.8 Å². The maximum atomic E-state index is 13.3. The molecule has 0 radical (unpaired) electrons. The maximum absolute atomic E-state index is 13.3. The van der Waals surface area contributed by atoms with E-state index in [4.69, 9.17) is 10.4 Å². The second-order valence-electron chi connectivity index (χ2n) is 11.2. The summed E-state index contributed by atoms with van der Waals surface area (Å²) in [5.41, 5.74) is 12.5. The molecule has 0 spiro atoms. The molecule has 6 nitrogen and oxygen atoms in total. The van der Waals surface area contributed by atoms with Crippen molar-refractivity contribution in [1.29, 1.82) is 0 Å². The third-order valence-electron chi connectivity index (χ3n) is 6.81. The third kappa shape index (κ3) is 4.65. The van der Waals surface area contributed by atoms with Crippen molar-refractivity contribution in [2.45, 2.75) is 78.8 Å². The number of rotatable bonds is 3. The van der Waals surface area contributed by atoms with Gasteiger partial charge in [-0.3, -0.25) is 15.0 Å². The fraction of sp³-hybridized carbons (Fsp3) is 0.462. The minimum absolute atomic E-state index is 0.0910. The van der Waals surface area contributed by atoms with Crippen LogP contribution >= 0.6 is 0 Å². The summed E-state index contributed by atoms with van der Waals surface area (Å²) in [6.07, 6.45) is 0. The number of nitrogens with two attached hydrogens (primary N) is 1. The summed E-state index contributed by atoms with van der Waals surface area (Å²) < 4.78 is 6.08. The van der Waals surface area contributed by atoms with E-state index >= 15 is 0 Å². The van der Waals surface area contributed by atoms with E-state index in [1.165, 1.54) is 5.01 Å². The minimum atomic E-state index is -0.634. The van der Waals surface area contributed by atoms with Crippen molar-refractivity contribution in [1.82, 2.24) is 10.4 Å². The van der Waals surface area contributed by atoms with Crippen LogP contribution in [0.3, 0.4) is 0 Å². The molecule has 3 N–H and O–H groups in total. The van der Waals surface area contributed by atoms with Crippen molar-refractivity contribution in [3.05, 3.63) is 58.7 Å². The number of amides is 2. The van der Waals surface area contributed by atoms with Gasteiger partial charge in [0.25, 0.3) is 11.8 Å². The lowest BCUT2D eigenvalue weighted by atomic mass is 9.33. The molecule has 3 rings (SSSR count). The Bertz CT molecular complexity index is 1080. The number of hydrogen-bond acceptors (Lipinski definition) is 4. The molecule has 2 aromatic rings. The number of anilines is 1. The molecule has 7 heteroatoms. The van der Waals surface area contributed by atoms with Crippen LogP contribution in [0.4, 0.5) is 5.69 Å². The van der Waals surface area contributed by atoms with Gasteiger partial charge in [0, 0.05) is 27.7 Å². The fourth-order valence-corrected chi connectivity index (χ4v) is 4.17. The molecule has 1 saturated heterocycles. The Hall–Kier alpha value is -2.80. The minimum Gasteiger partial charge on any atom is -0.425 e. The molecule has 0 aromatic heterocycles. The van der Waals surface area contributed by atoms with Crippen molar-refractivity contribution in [3.63, 3.8) is 0 Å². The number of aryl methyl sites for hydroxylation is 2. The van der Waals surface area contributed by atoms with E-state index in [0.717, 1.165) is 16.6 Å². The summed E-state index contributed by atoms with van der Waals surface area (Å²) in [7, 11) is 0.